The van der Waals surface area contributed by atoms with Gasteiger partial charge < -0.3 is 0 Å². The lowest BCUT2D eigenvalue weighted by Gasteiger charge is -2.15. The van der Waals surface area contributed by atoms with Gasteiger partial charge in [-0.25, -0.2) is 8.42 Å². The van der Waals surface area contributed by atoms with Crippen LogP contribution in [0.25, 0.3) is 0 Å². The first-order valence-electron chi connectivity index (χ1n) is 6.88. The summed E-state index contributed by atoms with van der Waals surface area (Å²) in [5.41, 5.74) is 1.06. The van der Waals surface area contributed by atoms with E-state index in [1.165, 1.54) is 11.8 Å². The highest BCUT2D eigenvalue weighted by Gasteiger charge is 2.16. The second-order valence-electron chi connectivity index (χ2n) is 4.72. The van der Waals surface area contributed by atoms with Gasteiger partial charge in [-0.3, -0.25) is 0 Å². The molecule has 1 rings (SSSR count). The molecule has 0 saturated heterocycles. The molecule has 0 aliphatic carbocycles. The molecule has 0 N–H and O–H groups in total. The van der Waals surface area contributed by atoms with Crippen LogP contribution in [0.15, 0.2) is 29.2 Å². The molecule has 0 heterocycles. The summed E-state index contributed by atoms with van der Waals surface area (Å²) in [4.78, 5) is 0.420. The Balaban J connectivity index is 2.94. The Morgan fingerprint density at radius 3 is 2.70 bits per heavy atom. The van der Waals surface area contributed by atoms with Crippen LogP contribution in [0.5, 0.6) is 0 Å². The maximum absolute atomic E-state index is 12.1. The monoisotopic (exact) mass is 311 g/mol. The SMILES string of the molecule is CCCS(=O)(=O)c1cccc(C(CC)CCSC#N)c1. The van der Waals surface area contributed by atoms with Gasteiger partial charge in [0.25, 0.3) is 0 Å². The lowest BCUT2D eigenvalue weighted by atomic mass is 9.94. The number of sulfone groups is 1. The molecule has 0 amide bonds. The largest absolute Gasteiger partial charge is 0.224 e. The van der Waals surface area contributed by atoms with Gasteiger partial charge in [-0.15, -0.1) is 0 Å². The van der Waals surface area contributed by atoms with Crippen LogP contribution < -0.4 is 0 Å². The lowest BCUT2D eigenvalue weighted by molar-refractivity contribution is 0.593. The van der Waals surface area contributed by atoms with E-state index in [0.717, 1.165) is 24.2 Å². The molecule has 0 spiro atoms. The molecule has 3 nitrogen and oxygen atoms in total. The second kappa shape index (κ2) is 8.33. The summed E-state index contributed by atoms with van der Waals surface area (Å²) in [7, 11) is -3.16. The average Bonchev–Trinajstić information content (AvgIpc) is 2.44. The molecule has 110 valence electrons. The molecule has 20 heavy (non-hydrogen) atoms. The van der Waals surface area contributed by atoms with Crippen LogP contribution in [0.1, 0.15) is 44.6 Å². The van der Waals surface area contributed by atoms with E-state index in [0.29, 0.717) is 17.2 Å². The van der Waals surface area contributed by atoms with Gasteiger partial charge in [0, 0.05) is 5.75 Å². The van der Waals surface area contributed by atoms with Gasteiger partial charge in [0.15, 0.2) is 9.84 Å². The standard InChI is InChI=1S/C15H21NO2S2/c1-3-10-20(17,18)15-7-5-6-14(11-15)13(4-2)8-9-19-12-16/h5-7,11,13H,3-4,8-10H2,1-2H3. The van der Waals surface area contributed by atoms with Crippen molar-refractivity contribution in [2.75, 3.05) is 11.5 Å². The Bertz CT molecular complexity index is 561. The first-order valence-corrected chi connectivity index (χ1v) is 9.52. The Morgan fingerprint density at radius 2 is 2.10 bits per heavy atom. The van der Waals surface area contributed by atoms with Gasteiger partial charge >= 0.3 is 0 Å². The zero-order chi connectivity index (χ0) is 15.0. The molecule has 1 aromatic carbocycles. The summed E-state index contributed by atoms with van der Waals surface area (Å²) in [5, 5.41) is 10.6. The van der Waals surface area contributed by atoms with Crippen LogP contribution >= 0.6 is 11.8 Å². The first kappa shape index (κ1) is 17.1. The molecule has 1 aromatic rings. The number of hydrogen-bond donors (Lipinski definition) is 0. The molecular formula is C15H21NO2S2. The Kier molecular flexibility index (Phi) is 7.11. The van der Waals surface area contributed by atoms with Crippen molar-refractivity contribution in [3.63, 3.8) is 0 Å². The van der Waals surface area contributed by atoms with Crippen LogP contribution in [0.3, 0.4) is 0 Å². The number of benzene rings is 1. The number of nitrogens with zero attached hydrogens (tertiary/aromatic N) is 1. The van der Waals surface area contributed by atoms with Crippen LogP contribution in [0.2, 0.25) is 0 Å². The number of nitriles is 1. The van der Waals surface area contributed by atoms with E-state index in [4.69, 9.17) is 5.26 Å². The van der Waals surface area contributed by atoms with Gasteiger partial charge in [0.05, 0.1) is 10.6 Å². The van der Waals surface area contributed by atoms with Gasteiger partial charge in [0.2, 0.25) is 0 Å². The van der Waals surface area contributed by atoms with E-state index in [9.17, 15) is 8.42 Å². The summed E-state index contributed by atoms with van der Waals surface area (Å²) >= 11 is 1.25. The quantitative estimate of drug-likeness (QED) is 0.538. The summed E-state index contributed by atoms with van der Waals surface area (Å²) in [6, 6.07) is 7.27. The third kappa shape index (κ3) is 4.84. The molecule has 0 radical (unpaired) electrons. The van der Waals surface area contributed by atoms with E-state index in [1.54, 1.807) is 12.1 Å². The summed E-state index contributed by atoms with van der Waals surface area (Å²) in [5.74, 6) is 1.28. The summed E-state index contributed by atoms with van der Waals surface area (Å²) in [6.45, 7) is 3.96. The molecule has 0 bridgehead atoms. The van der Waals surface area contributed by atoms with Gasteiger partial charge in [0.1, 0.15) is 5.40 Å². The summed E-state index contributed by atoms with van der Waals surface area (Å²) < 4.78 is 24.2. The van der Waals surface area contributed by atoms with E-state index in [2.05, 4.69) is 12.3 Å². The minimum absolute atomic E-state index is 0.192. The zero-order valence-electron chi connectivity index (χ0n) is 12.0. The van der Waals surface area contributed by atoms with Crippen molar-refractivity contribution in [3.8, 4) is 5.40 Å². The number of thiocyanates is 1. The smallest absolute Gasteiger partial charge is 0.178 e. The molecule has 0 aromatic heterocycles. The fraction of sp³-hybridized carbons (Fsp3) is 0.533. The molecule has 0 fully saturated rings. The molecule has 5 heteroatoms. The van der Waals surface area contributed by atoms with Crippen molar-refractivity contribution in [1.29, 1.82) is 5.26 Å². The minimum Gasteiger partial charge on any atom is -0.224 e. The topological polar surface area (TPSA) is 57.9 Å². The second-order valence-corrected chi connectivity index (χ2v) is 7.71. The molecule has 0 saturated carbocycles. The maximum Gasteiger partial charge on any atom is 0.178 e. The number of thioether (sulfide) groups is 1. The van der Waals surface area contributed by atoms with Crippen LogP contribution in [0.4, 0.5) is 0 Å². The average molecular weight is 311 g/mol. The lowest BCUT2D eigenvalue weighted by Crippen LogP contribution is -2.07. The Morgan fingerprint density at radius 1 is 1.35 bits per heavy atom. The third-order valence-corrected chi connectivity index (χ3v) is 5.77. The molecule has 1 unspecified atom stereocenters. The van der Waals surface area contributed by atoms with E-state index < -0.39 is 9.84 Å². The Hall–Kier alpha value is -0.990. The van der Waals surface area contributed by atoms with Crippen LogP contribution in [-0.4, -0.2) is 19.9 Å². The van der Waals surface area contributed by atoms with Gasteiger partial charge in [-0.1, -0.05) is 26.0 Å². The van der Waals surface area contributed by atoms with Crippen molar-refractivity contribution in [3.05, 3.63) is 29.8 Å². The fourth-order valence-electron chi connectivity index (χ4n) is 2.20. The normalized spacial score (nSPS) is 12.8. The molecule has 0 aliphatic rings. The maximum atomic E-state index is 12.1. The van der Waals surface area contributed by atoms with Crippen molar-refractivity contribution in [1.82, 2.24) is 0 Å². The van der Waals surface area contributed by atoms with Crippen molar-refractivity contribution < 1.29 is 8.42 Å². The Labute approximate surface area is 126 Å². The number of hydrogen-bond acceptors (Lipinski definition) is 4. The van der Waals surface area contributed by atoms with Gasteiger partial charge in [-0.2, -0.15) is 5.26 Å². The van der Waals surface area contributed by atoms with Crippen molar-refractivity contribution >= 4 is 21.6 Å². The van der Waals surface area contributed by atoms with E-state index >= 15 is 0 Å². The third-order valence-electron chi connectivity index (χ3n) is 3.29. The number of rotatable bonds is 8. The highest BCUT2D eigenvalue weighted by Crippen LogP contribution is 2.27. The van der Waals surface area contributed by atoms with Crippen LogP contribution in [-0.2, 0) is 9.84 Å². The van der Waals surface area contributed by atoms with Crippen LogP contribution in [0, 0.1) is 10.7 Å². The molecular weight excluding hydrogens is 290 g/mol. The molecule has 0 aliphatic heterocycles. The highest BCUT2D eigenvalue weighted by molar-refractivity contribution is 8.03. The summed E-state index contributed by atoms with van der Waals surface area (Å²) in [6.07, 6.45) is 2.47. The minimum atomic E-state index is -3.16. The first-order chi connectivity index (χ1) is 9.55. The fourth-order valence-corrected chi connectivity index (χ4v) is 4.07. The predicted octanol–water partition coefficient (Wildman–Crippen LogP) is 3.97. The van der Waals surface area contributed by atoms with E-state index in [1.807, 2.05) is 19.1 Å². The zero-order valence-corrected chi connectivity index (χ0v) is 13.6. The molecule has 1 atom stereocenters. The van der Waals surface area contributed by atoms with E-state index in [-0.39, 0.29) is 5.75 Å². The van der Waals surface area contributed by atoms with Crippen molar-refractivity contribution in [2.45, 2.75) is 43.9 Å². The van der Waals surface area contributed by atoms with Gasteiger partial charge in [-0.05, 0) is 54.6 Å². The predicted molar refractivity (Wildman–Crippen MR) is 84.5 cm³/mol. The van der Waals surface area contributed by atoms with Crippen molar-refractivity contribution in [2.24, 2.45) is 0 Å². The highest BCUT2D eigenvalue weighted by atomic mass is 32.2.